The van der Waals surface area contributed by atoms with Crippen molar-refractivity contribution in [1.82, 2.24) is 10.3 Å². The van der Waals surface area contributed by atoms with Crippen LogP contribution >= 0.6 is 11.6 Å². The monoisotopic (exact) mass is 258 g/mol. The van der Waals surface area contributed by atoms with Gasteiger partial charge in [-0.15, -0.1) is 0 Å². The number of aliphatic hydroxyl groups excluding tert-OH is 1. The molecule has 1 aromatic heterocycles. The second kappa shape index (κ2) is 7.35. The van der Waals surface area contributed by atoms with E-state index in [0.717, 1.165) is 19.3 Å². The lowest BCUT2D eigenvalue weighted by Crippen LogP contribution is -2.30. The summed E-state index contributed by atoms with van der Waals surface area (Å²) in [6.45, 7) is 2.84. The Morgan fingerprint density at radius 2 is 2.35 bits per heavy atom. The van der Waals surface area contributed by atoms with Crippen molar-refractivity contribution in [2.24, 2.45) is 5.92 Å². The largest absolute Gasteiger partial charge is 0.396 e. The lowest BCUT2D eigenvalue weighted by Gasteiger charge is -2.15. The molecule has 0 aliphatic carbocycles. The molecule has 0 bridgehead atoms. The molecule has 4 nitrogen and oxygen atoms in total. The van der Waals surface area contributed by atoms with Gasteiger partial charge in [-0.25, -0.2) is 0 Å². The lowest BCUT2D eigenvalue weighted by atomic mass is 10.0. The van der Waals surface area contributed by atoms with E-state index in [1.54, 1.807) is 12.3 Å². The van der Waals surface area contributed by atoms with Crippen molar-refractivity contribution in [3.63, 3.8) is 0 Å². The minimum absolute atomic E-state index is 0.157. The normalized spacial score (nSPS) is 12.4. The number of aliphatic hydroxyl groups is 1. The Morgan fingerprint density at radius 3 is 2.88 bits per heavy atom. The summed E-state index contributed by atoms with van der Waals surface area (Å²) in [5.41, 5.74) is 0.467. The fourth-order valence-electron chi connectivity index (χ4n) is 1.77. The van der Waals surface area contributed by atoms with Gasteiger partial charge in [0.1, 0.15) is 5.69 Å². The number of hydrogen-bond acceptors (Lipinski definition) is 2. The van der Waals surface area contributed by atoms with Crippen LogP contribution in [0.1, 0.15) is 36.7 Å². The highest BCUT2D eigenvalue weighted by molar-refractivity contribution is 6.30. The summed E-state index contributed by atoms with van der Waals surface area (Å²) in [4.78, 5) is 14.5. The Morgan fingerprint density at radius 1 is 1.59 bits per heavy atom. The maximum absolute atomic E-state index is 11.7. The Kier molecular flexibility index (Phi) is 6.08. The zero-order valence-corrected chi connectivity index (χ0v) is 10.8. The van der Waals surface area contributed by atoms with Gasteiger partial charge in [0, 0.05) is 19.3 Å². The van der Waals surface area contributed by atoms with Crippen LogP contribution in [0, 0.1) is 5.92 Å². The quantitative estimate of drug-likeness (QED) is 0.702. The Labute approximate surface area is 106 Å². The molecule has 1 aromatic rings. The van der Waals surface area contributed by atoms with Crippen molar-refractivity contribution in [3.8, 4) is 0 Å². The second-order valence-electron chi connectivity index (χ2n) is 4.11. The molecule has 0 fully saturated rings. The van der Waals surface area contributed by atoms with Crippen LogP contribution in [0.3, 0.4) is 0 Å². The van der Waals surface area contributed by atoms with Crippen molar-refractivity contribution in [3.05, 3.63) is 23.0 Å². The van der Waals surface area contributed by atoms with E-state index in [1.807, 2.05) is 0 Å². The SMILES string of the molecule is CCCC(CCO)CNC(=O)c1cc(Cl)c[nH]1. The molecule has 0 saturated heterocycles. The lowest BCUT2D eigenvalue weighted by molar-refractivity contribution is 0.0938. The van der Waals surface area contributed by atoms with Crippen molar-refractivity contribution < 1.29 is 9.90 Å². The van der Waals surface area contributed by atoms with E-state index in [1.165, 1.54) is 0 Å². The predicted octanol–water partition coefficient (Wildman–Crippen LogP) is 2.20. The van der Waals surface area contributed by atoms with Crippen LogP contribution in [0.15, 0.2) is 12.3 Å². The Bertz CT molecular complexity index is 346. The fourth-order valence-corrected chi connectivity index (χ4v) is 1.93. The smallest absolute Gasteiger partial charge is 0.267 e. The fraction of sp³-hybridized carbons (Fsp3) is 0.583. The topological polar surface area (TPSA) is 65.1 Å². The van der Waals surface area contributed by atoms with Crippen molar-refractivity contribution >= 4 is 17.5 Å². The second-order valence-corrected chi connectivity index (χ2v) is 4.55. The summed E-state index contributed by atoms with van der Waals surface area (Å²) < 4.78 is 0. The number of rotatable bonds is 7. The van der Waals surface area contributed by atoms with Gasteiger partial charge in [-0.1, -0.05) is 24.9 Å². The number of hydrogen-bond donors (Lipinski definition) is 3. The average molecular weight is 259 g/mol. The van der Waals surface area contributed by atoms with Gasteiger partial charge in [0.15, 0.2) is 0 Å². The first-order valence-corrected chi connectivity index (χ1v) is 6.28. The molecular weight excluding hydrogens is 240 g/mol. The zero-order valence-electron chi connectivity index (χ0n) is 10.0. The number of nitrogens with one attached hydrogen (secondary N) is 2. The molecule has 3 N–H and O–H groups in total. The molecule has 0 radical (unpaired) electrons. The third-order valence-corrected chi connectivity index (χ3v) is 2.90. The van der Waals surface area contributed by atoms with Gasteiger partial charge < -0.3 is 15.4 Å². The summed E-state index contributed by atoms with van der Waals surface area (Å²) in [6, 6.07) is 1.59. The number of carbonyl (C=O) groups excluding carboxylic acids is 1. The van der Waals surface area contributed by atoms with Gasteiger partial charge in [0.25, 0.3) is 5.91 Å². The summed E-state index contributed by atoms with van der Waals surface area (Å²) in [5.74, 6) is 0.176. The van der Waals surface area contributed by atoms with E-state index in [4.69, 9.17) is 16.7 Å². The van der Waals surface area contributed by atoms with Crippen LogP contribution in [0.2, 0.25) is 5.02 Å². The third-order valence-electron chi connectivity index (χ3n) is 2.68. The van der Waals surface area contributed by atoms with Gasteiger partial charge in [-0.05, 0) is 24.8 Å². The molecule has 1 amide bonds. The van der Waals surface area contributed by atoms with Crippen molar-refractivity contribution in [2.45, 2.75) is 26.2 Å². The van der Waals surface area contributed by atoms with Crippen LogP contribution in [0.4, 0.5) is 0 Å². The summed E-state index contributed by atoms with van der Waals surface area (Å²) in [6.07, 6.45) is 4.36. The van der Waals surface area contributed by atoms with E-state index < -0.39 is 0 Å². The molecule has 0 spiro atoms. The first-order chi connectivity index (χ1) is 8.17. The van der Waals surface area contributed by atoms with Crippen LogP contribution in [-0.2, 0) is 0 Å². The maximum atomic E-state index is 11.7. The van der Waals surface area contributed by atoms with E-state index in [-0.39, 0.29) is 12.5 Å². The van der Waals surface area contributed by atoms with Crippen molar-refractivity contribution in [1.29, 1.82) is 0 Å². The Hall–Kier alpha value is -1.00. The third kappa shape index (κ3) is 4.79. The standard InChI is InChI=1S/C12H19ClN2O2/c1-2-3-9(4-5-16)7-15-12(17)11-6-10(13)8-14-11/h6,8-9,14,16H,2-5,7H2,1H3,(H,15,17). The molecule has 1 unspecified atom stereocenters. The summed E-state index contributed by atoms with van der Waals surface area (Å²) in [7, 11) is 0. The number of amides is 1. The van der Waals surface area contributed by atoms with Gasteiger partial charge in [0.05, 0.1) is 5.02 Å². The highest BCUT2D eigenvalue weighted by Crippen LogP contribution is 2.11. The minimum atomic E-state index is -0.157. The van der Waals surface area contributed by atoms with Gasteiger partial charge >= 0.3 is 0 Å². The molecule has 5 heteroatoms. The van der Waals surface area contributed by atoms with E-state index in [2.05, 4.69) is 17.2 Å². The highest BCUT2D eigenvalue weighted by atomic mass is 35.5. The van der Waals surface area contributed by atoms with Crippen LogP contribution in [-0.4, -0.2) is 29.1 Å². The van der Waals surface area contributed by atoms with Crippen LogP contribution in [0.5, 0.6) is 0 Å². The number of aromatic amines is 1. The van der Waals surface area contributed by atoms with Gasteiger partial charge in [-0.2, -0.15) is 0 Å². The highest BCUT2D eigenvalue weighted by Gasteiger charge is 2.11. The number of H-pyrrole nitrogens is 1. The average Bonchev–Trinajstić information content (AvgIpc) is 2.73. The summed E-state index contributed by atoms with van der Waals surface area (Å²) >= 11 is 5.72. The predicted molar refractivity (Wildman–Crippen MR) is 68.2 cm³/mol. The summed E-state index contributed by atoms with van der Waals surface area (Å²) in [5, 5.41) is 12.3. The first-order valence-electron chi connectivity index (χ1n) is 5.90. The molecule has 0 aliphatic rings. The maximum Gasteiger partial charge on any atom is 0.267 e. The number of carbonyl (C=O) groups is 1. The molecule has 0 aliphatic heterocycles. The van der Waals surface area contributed by atoms with Gasteiger partial charge in [-0.3, -0.25) is 4.79 Å². The van der Waals surface area contributed by atoms with Crippen LogP contribution in [0.25, 0.3) is 0 Å². The van der Waals surface area contributed by atoms with E-state index in [0.29, 0.717) is 23.2 Å². The van der Waals surface area contributed by atoms with E-state index in [9.17, 15) is 4.79 Å². The van der Waals surface area contributed by atoms with E-state index >= 15 is 0 Å². The molecule has 17 heavy (non-hydrogen) atoms. The Balaban J connectivity index is 2.40. The van der Waals surface area contributed by atoms with Crippen LogP contribution < -0.4 is 5.32 Å². The molecule has 0 aromatic carbocycles. The molecular formula is C12H19ClN2O2. The molecule has 0 saturated carbocycles. The first kappa shape index (κ1) is 14.1. The minimum Gasteiger partial charge on any atom is -0.396 e. The number of halogens is 1. The van der Waals surface area contributed by atoms with Gasteiger partial charge in [0.2, 0.25) is 0 Å². The zero-order chi connectivity index (χ0) is 12.7. The molecule has 1 atom stereocenters. The number of aromatic nitrogens is 1. The molecule has 1 rings (SSSR count). The molecule has 1 heterocycles. The molecule has 96 valence electrons. The van der Waals surface area contributed by atoms with Crippen molar-refractivity contribution in [2.75, 3.05) is 13.2 Å².